The van der Waals surface area contributed by atoms with Gasteiger partial charge in [0.2, 0.25) is 11.8 Å². The molecule has 0 amide bonds. The lowest BCUT2D eigenvalue weighted by Gasteiger charge is -2.09. The van der Waals surface area contributed by atoms with Crippen LogP contribution in [0.4, 0.5) is 23.1 Å². The quantitative estimate of drug-likeness (QED) is 0.423. The summed E-state index contributed by atoms with van der Waals surface area (Å²) in [5.74, 6) is 5.94. The molecule has 0 radical (unpaired) electrons. The van der Waals surface area contributed by atoms with Gasteiger partial charge in [0, 0.05) is 5.69 Å². The number of benzene rings is 1. The van der Waals surface area contributed by atoms with Gasteiger partial charge < -0.3 is 10.1 Å². The van der Waals surface area contributed by atoms with Gasteiger partial charge in [0.25, 0.3) is 0 Å². The molecular weight excluding hydrogens is 344 g/mol. The van der Waals surface area contributed by atoms with E-state index in [1.165, 1.54) is 0 Å². The van der Waals surface area contributed by atoms with Gasteiger partial charge in [-0.3, -0.25) is 15.5 Å². The number of rotatable bonds is 5. The van der Waals surface area contributed by atoms with Gasteiger partial charge in [-0.15, -0.1) is 0 Å². The summed E-state index contributed by atoms with van der Waals surface area (Å²) < 4.78 is 5.81. The van der Waals surface area contributed by atoms with Gasteiger partial charge in [0.05, 0.1) is 16.5 Å². The van der Waals surface area contributed by atoms with Gasteiger partial charge in [0.1, 0.15) is 11.9 Å². The molecule has 10 heteroatoms. The Hall–Kier alpha value is -2.46. The molecule has 2 rings (SSSR count). The predicted octanol–water partition coefficient (Wildman–Crippen LogP) is 2.19. The molecule has 1 aromatic heterocycles. The molecule has 0 atom stereocenters. The molecule has 0 unspecified atom stereocenters. The van der Waals surface area contributed by atoms with Crippen molar-refractivity contribution in [3.8, 4) is 5.75 Å². The zero-order valence-corrected chi connectivity index (χ0v) is 12.4. The minimum absolute atomic E-state index is 0.0278. The maximum absolute atomic E-state index is 11.0. The Balaban J connectivity index is 2.37. The lowest BCUT2D eigenvalue weighted by Crippen LogP contribution is -2.12. The summed E-state index contributed by atoms with van der Waals surface area (Å²) in [7, 11) is 1.54. The SMILES string of the molecule is COc1ccc(Nc2nc(NN)ncc2[N+](=O)[O-])cc1Br. The Morgan fingerprint density at radius 1 is 1.48 bits per heavy atom. The number of nitro groups is 1. The molecule has 1 aromatic carbocycles. The van der Waals surface area contributed by atoms with Crippen LogP contribution in [0.15, 0.2) is 28.9 Å². The van der Waals surface area contributed by atoms with E-state index in [-0.39, 0.29) is 17.5 Å². The summed E-state index contributed by atoms with van der Waals surface area (Å²) in [5.41, 5.74) is 2.56. The summed E-state index contributed by atoms with van der Waals surface area (Å²) in [4.78, 5) is 18.0. The van der Waals surface area contributed by atoms with Crippen LogP contribution in [0, 0.1) is 10.1 Å². The van der Waals surface area contributed by atoms with E-state index in [1.54, 1.807) is 25.3 Å². The number of nitrogens with two attached hydrogens (primary N) is 1. The summed E-state index contributed by atoms with van der Waals surface area (Å²) >= 11 is 3.33. The molecule has 9 nitrogen and oxygen atoms in total. The van der Waals surface area contributed by atoms with E-state index in [2.05, 4.69) is 36.6 Å². The van der Waals surface area contributed by atoms with Gasteiger partial charge in [-0.05, 0) is 34.1 Å². The Kier molecular flexibility index (Phi) is 4.50. The smallest absolute Gasteiger partial charge is 0.329 e. The van der Waals surface area contributed by atoms with Gasteiger partial charge >= 0.3 is 5.69 Å². The average Bonchev–Trinajstić information content (AvgIpc) is 2.47. The van der Waals surface area contributed by atoms with E-state index in [0.29, 0.717) is 15.9 Å². The second-order valence-electron chi connectivity index (χ2n) is 3.80. The van der Waals surface area contributed by atoms with Crippen molar-refractivity contribution in [2.75, 3.05) is 17.9 Å². The molecule has 0 bridgehead atoms. The Morgan fingerprint density at radius 3 is 2.81 bits per heavy atom. The third-order valence-corrected chi connectivity index (χ3v) is 3.13. The monoisotopic (exact) mass is 354 g/mol. The third-order valence-electron chi connectivity index (χ3n) is 2.51. The molecule has 110 valence electrons. The van der Waals surface area contributed by atoms with E-state index >= 15 is 0 Å². The molecule has 1 heterocycles. The lowest BCUT2D eigenvalue weighted by molar-refractivity contribution is -0.384. The largest absolute Gasteiger partial charge is 0.496 e. The summed E-state index contributed by atoms with van der Waals surface area (Å²) in [6, 6.07) is 5.12. The number of anilines is 3. The van der Waals surface area contributed by atoms with E-state index in [9.17, 15) is 10.1 Å². The molecule has 0 saturated heterocycles. The van der Waals surface area contributed by atoms with Crippen LogP contribution in [0.3, 0.4) is 0 Å². The summed E-state index contributed by atoms with van der Waals surface area (Å²) in [5, 5.41) is 13.8. The maximum Gasteiger partial charge on any atom is 0.329 e. The fraction of sp³-hybridized carbons (Fsp3) is 0.0909. The molecule has 0 fully saturated rings. The number of halogens is 1. The highest BCUT2D eigenvalue weighted by molar-refractivity contribution is 9.10. The summed E-state index contributed by atoms with van der Waals surface area (Å²) in [6.45, 7) is 0. The lowest BCUT2D eigenvalue weighted by atomic mass is 10.3. The van der Waals surface area contributed by atoms with Crippen LogP contribution in [0.1, 0.15) is 0 Å². The number of hydrazine groups is 1. The van der Waals surface area contributed by atoms with Crippen LogP contribution in [0.5, 0.6) is 5.75 Å². The van der Waals surface area contributed by atoms with Crippen LogP contribution >= 0.6 is 15.9 Å². The van der Waals surface area contributed by atoms with Gasteiger partial charge in [-0.25, -0.2) is 10.8 Å². The van der Waals surface area contributed by atoms with Crippen molar-refractivity contribution in [3.05, 3.63) is 39.0 Å². The number of aromatic nitrogens is 2. The minimum atomic E-state index is -0.582. The van der Waals surface area contributed by atoms with Crippen molar-refractivity contribution in [2.24, 2.45) is 5.84 Å². The van der Waals surface area contributed by atoms with Crippen molar-refractivity contribution in [3.63, 3.8) is 0 Å². The molecule has 4 N–H and O–H groups in total. The molecule has 2 aromatic rings. The normalized spacial score (nSPS) is 10.0. The predicted molar refractivity (Wildman–Crippen MR) is 80.5 cm³/mol. The third kappa shape index (κ3) is 3.35. The van der Waals surface area contributed by atoms with Gasteiger partial charge in [-0.1, -0.05) is 0 Å². The van der Waals surface area contributed by atoms with Crippen molar-refractivity contribution >= 4 is 39.1 Å². The first-order valence-electron chi connectivity index (χ1n) is 5.63. The van der Waals surface area contributed by atoms with Crippen LogP contribution in [0.25, 0.3) is 0 Å². The molecule has 0 spiro atoms. The second kappa shape index (κ2) is 6.33. The minimum Gasteiger partial charge on any atom is -0.496 e. The van der Waals surface area contributed by atoms with Gasteiger partial charge in [0.15, 0.2) is 0 Å². The van der Waals surface area contributed by atoms with E-state index in [4.69, 9.17) is 10.6 Å². The summed E-state index contributed by atoms with van der Waals surface area (Å²) in [6.07, 6.45) is 1.07. The van der Waals surface area contributed by atoms with E-state index in [1.807, 2.05) is 0 Å². The van der Waals surface area contributed by atoms with Crippen molar-refractivity contribution in [2.45, 2.75) is 0 Å². The number of hydrogen-bond acceptors (Lipinski definition) is 8. The number of nitrogens with one attached hydrogen (secondary N) is 2. The standard InChI is InChI=1S/C11H11BrN6O3/c1-21-9-3-2-6(4-7(9)12)15-10-8(18(19)20)5-14-11(16-10)17-13/h2-5H,13H2,1H3,(H2,14,15,16,17). The highest BCUT2D eigenvalue weighted by Gasteiger charge is 2.17. The maximum atomic E-state index is 11.0. The van der Waals surface area contributed by atoms with Crippen LogP contribution < -0.4 is 21.3 Å². The second-order valence-corrected chi connectivity index (χ2v) is 4.66. The highest BCUT2D eigenvalue weighted by Crippen LogP contribution is 2.31. The topological polar surface area (TPSA) is 128 Å². The molecule has 21 heavy (non-hydrogen) atoms. The molecular formula is C11H11BrN6O3. The van der Waals surface area contributed by atoms with Gasteiger partial charge in [-0.2, -0.15) is 4.98 Å². The Morgan fingerprint density at radius 2 is 2.24 bits per heavy atom. The molecule has 0 aliphatic rings. The molecule has 0 saturated carbocycles. The zero-order chi connectivity index (χ0) is 15.4. The van der Waals surface area contributed by atoms with Crippen molar-refractivity contribution in [1.82, 2.24) is 9.97 Å². The van der Waals surface area contributed by atoms with E-state index in [0.717, 1.165) is 6.20 Å². The van der Waals surface area contributed by atoms with E-state index < -0.39 is 4.92 Å². The number of ether oxygens (including phenoxy) is 1. The fourth-order valence-corrected chi connectivity index (χ4v) is 2.09. The number of hydrogen-bond donors (Lipinski definition) is 3. The first kappa shape index (κ1) is 14.9. The number of nitrogen functional groups attached to an aromatic ring is 1. The molecule has 0 aliphatic carbocycles. The Labute approximate surface area is 127 Å². The average molecular weight is 355 g/mol. The first-order chi connectivity index (χ1) is 10.0. The number of methoxy groups -OCH3 is 1. The Bertz CT molecular complexity index is 681. The number of nitrogens with zero attached hydrogens (tertiary/aromatic N) is 3. The van der Waals surface area contributed by atoms with Crippen LogP contribution in [-0.2, 0) is 0 Å². The molecule has 0 aliphatic heterocycles. The highest BCUT2D eigenvalue weighted by atomic mass is 79.9. The van der Waals surface area contributed by atoms with Crippen LogP contribution in [0.2, 0.25) is 0 Å². The zero-order valence-electron chi connectivity index (χ0n) is 10.8. The first-order valence-corrected chi connectivity index (χ1v) is 6.43. The van der Waals surface area contributed by atoms with Crippen molar-refractivity contribution < 1.29 is 9.66 Å². The van der Waals surface area contributed by atoms with Crippen LogP contribution in [-0.4, -0.2) is 22.0 Å². The fourth-order valence-electron chi connectivity index (χ4n) is 1.55. The van der Waals surface area contributed by atoms with Crippen molar-refractivity contribution in [1.29, 1.82) is 0 Å².